The van der Waals surface area contributed by atoms with E-state index >= 15 is 0 Å². The van der Waals surface area contributed by atoms with Crippen LogP contribution in [0.4, 0.5) is 0 Å². The van der Waals surface area contributed by atoms with Gasteiger partial charge in [0.05, 0.1) is 16.8 Å². The lowest BCUT2D eigenvalue weighted by Crippen LogP contribution is -2.32. The van der Waals surface area contributed by atoms with Crippen molar-refractivity contribution in [2.45, 2.75) is 15.2 Å². The summed E-state index contributed by atoms with van der Waals surface area (Å²) in [4.78, 5) is 17.2. The first-order valence-electron chi connectivity index (χ1n) is 18.3. The van der Waals surface area contributed by atoms with Crippen molar-refractivity contribution in [3.8, 4) is 56.2 Å². The highest BCUT2D eigenvalue weighted by Crippen LogP contribution is 2.62. The van der Waals surface area contributed by atoms with Crippen molar-refractivity contribution in [3.63, 3.8) is 0 Å². The SMILES string of the molecule is c1ccc(-c2cc(-c3ccc4c(c3)Sc3cc(-c5cccc6cnccc56)ccc3C43c4ccccc4-c4ccccc43)nc(-c3ccccc3)n2)cc1. The molecule has 3 heterocycles. The molecule has 0 N–H and O–H groups in total. The van der Waals surface area contributed by atoms with Gasteiger partial charge in [-0.15, -0.1) is 0 Å². The van der Waals surface area contributed by atoms with Gasteiger partial charge in [-0.25, -0.2) is 9.97 Å². The molecule has 1 aliphatic carbocycles. The van der Waals surface area contributed by atoms with Crippen molar-refractivity contribution < 1.29 is 0 Å². The molecular weight excluding hydrogens is 675 g/mol. The van der Waals surface area contributed by atoms with E-state index in [-0.39, 0.29) is 0 Å². The van der Waals surface area contributed by atoms with E-state index in [1.165, 1.54) is 59.7 Å². The zero-order valence-corrected chi connectivity index (χ0v) is 30.0. The molecule has 0 saturated carbocycles. The smallest absolute Gasteiger partial charge is 0.160 e. The Bertz CT molecular complexity index is 2810. The molecule has 0 unspecified atom stereocenters. The minimum atomic E-state index is -0.473. The zero-order chi connectivity index (χ0) is 35.6. The summed E-state index contributed by atoms with van der Waals surface area (Å²) in [6.45, 7) is 0. The van der Waals surface area contributed by atoms with Gasteiger partial charge in [-0.2, -0.15) is 0 Å². The Morgan fingerprint density at radius 2 is 0.981 bits per heavy atom. The lowest BCUT2D eigenvalue weighted by Gasteiger charge is -2.40. The molecule has 4 heteroatoms. The summed E-state index contributed by atoms with van der Waals surface area (Å²) in [6, 6.07) is 63.5. The highest BCUT2D eigenvalue weighted by molar-refractivity contribution is 7.99. The maximum atomic E-state index is 5.21. The molecule has 2 aromatic heterocycles. The Morgan fingerprint density at radius 1 is 0.407 bits per heavy atom. The van der Waals surface area contributed by atoms with Crippen LogP contribution in [0.25, 0.3) is 66.9 Å². The normalized spacial score (nSPS) is 13.3. The van der Waals surface area contributed by atoms with E-state index < -0.39 is 5.41 Å². The van der Waals surface area contributed by atoms with Crippen molar-refractivity contribution >= 4 is 22.5 Å². The Morgan fingerprint density at radius 3 is 1.69 bits per heavy atom. The van der Waals surface area contributed by atoms with E-state index in [1.54, 1.807) is 0 Å². The van der Waals surface area contributed by atoms with Crippen LogP contribution in [0.3, 0.4) is 0 Å². The second-order valence-electron chi connectivity index (χ2n) is 14.0. The maximum absolute atomic E-state index is 5.21. The van der Waals surface area contributed by atoms with Crippen LogP contribution < -0.4 is 0 Å². The molecule has 54 heavy (non-hydrogen) atoms. The topological polar surface area (TPSA) is 38.7 Å². The fraction of sp³-hybridized carbons (Fsp3) is 0.0200. The molecule has 9 aromatic rings. The lowest BCUT2D eigenvalue weighted by molar-refractivity contribution is 0.723. The third kappa shape index (κ3) is 4.67. The van der Waals surface area contributed by atoms with Gasteiger partial charge in [0.15, 0.2) is 5.82 Å². The Hall–Kier alpha value is -6.62. The Balaban J connectivity index is 1.15. The molecule has 0 radical (unpaired) electrons. The van der Waals surface area contributed by atoms with Gasteiger partial charge in [-0.1, -0.05) is 163 Å². The van der Waals surface area contributed by atoms with Crippen molar-refractivity contribution in [1.82, 2.24) is 15.0 Å². The molecule has 2 aliphatic rings. The van der Waals surface area contributed by atoms with Crippen LogP contribution in [-0.4, -0.2) is 15.0 Å². The monoisotopic (exact) mass is 705 g/mol. The quantitative estimate of drug-likeness (QED) is 0.183. The van der Waals surface area contributed by atoms with Crippen molar-refractivity contribution in [2.24, 2.45) is 0 Å². The predicted octanol–water partition coefficient (Wildman–Crippen LogP) is 12.5. The van der Waals surface area contributed by atoms with Gasteiger partial charge in [-0.05, 0) is 74.2 Å². The molecule has 1 spiro atoms. The van der Waals surface area contributed by atoms with Crippen LogP contribution in [0.5, 0.6) is 0 Å². The molecule has 1 aliphatic heterocycles. The second kappa shape index (κ2) is 12.2. The minimum absolute atomic E-state index is 0.473. The van der Waals surface area contributed by atoms with Crippen LogP contribution in [0.2, 0.25) is 0 Å². The van der Waals surface area contributed by atoms with Crippen LogP contribution in [0, 0.1) is 0 Å². The van der Waals surface area contributed by atoms with Crippen molar-refractivity contribution in [2.75, 3.05) is 0 Å². The molecule has 252 valence electrons. The van der Waals surface area contributed by atoms with Crippen LogP contribution in [0.15, 0.2) is 198 Å². The van der Waals surface area contributed by atoms with E-state index in [9.17, 15) is 0 Å². The molecule has 0 atom stereocenters. The molecule has 7 aromatic carbocycles. The van der Waals surface area contributed by atoms with Crippen LogP contribution >= 0.6 is 11.8 Å². The number of pyridine rings is 1. The molecule has 11 rings (SSSR count). The minimum Gasteiger partial charge on any atom is -0.264 e. The highest BCUT2D eigenvalue weighted by Gasteiger charge is 2.50. The van der Waals surface area contributed by atoms with Gasteiger partial charge in [0, 0.05) is 44.3 Å². The predicted molar refractivity (Wildman–Crippen MR) is 221 cm³/mol. The second-order valence-corrected chi connectivity index (χ2v) is 15.0. The summed E-state index contributed by atoms with van der Waals surface area (Å²) >= 11 is 1.86. The van der Waals surface area contributed by atoms with Crippen molar-refractivity contribution in [1.29, 1.82) is 0 Å². The average molecular weight is 706 g/mol. The summed E-state index contributed by atoms with van der Waals surface area (Å²) in [5.74, 6) is 0.715. The fourth-order valence-electron chi connectivity index (χ4n) is 8.68. The summed E-state index contributed by atoms with van der Waals surface area (Å²) < 4.78 is 0. The van der Waals surface area contributed by atoms with Gasteiger partial charge in [-0.3, -0.25) is 4.98 Å². The number of aromatic nitrogens is 3. The average Bonchev–Trinajstić information content (AvgIpc) is 3.54. The first-order chi connectivity index (χ1) is 26.8. The summed E-state index contributed by atoms with van der Waals surface area (Å²) in [5.41, 5.74) is 14.7. The lowest BCUT2D eigenvalue weighted by atomic mass is 9.67. The van der Waals surface area contributed by atoms with E-state index in [1.807, 2.05) is 48.4 Å². The molecule has 0 amide bonds. The van der Waals surface area contributed by atoms with Gasteiger partial charge in [0.2, 0.25) is 0 Å². The third-order valence-electron chi connectivity index (χ3n) is 11.1. The number of hydrogen-bond donors (Lipinski definition) is 0. The molecule has 3 nitrogen and oxygen atoms in total. The van der Waals surface area contributed by atoms with Gasteiger partial charge >= 0.3 is 0 Å². The first-order valence-corrected chi connectivity index (χ1v) is 19.1. The zero-order valence-electron chi connectivity index (χ0n) is 29.1. The summed E-state index contributed by atoms with van der Waals surface area (Å²) in [7, 11) is 0. The number of benzene rings is 7. The van der Waals surface area contributed by atoms with E-state index in [0.717, 1.165) is 33.5 Å². The van der Waals surface area contributed by atoms with Crippen molar-refractivity contribution in [3.05, 3.63) is 211 Å². The third-order valence-corrected chi connectivity index (χ3v) is 12.2. The van der Waals surface area contributed by atoms with E-state index in [4.69, 9.17) is 9.97 Å². The first kappa shape index (κ1) is 31.0. The number of hydrogen-bond acceptors (Lipinski definition) is 4. The van der Waals surface area contributed by atoms with Crippen LogP contribution in [-0.2, 0) is 5.41 Å². The number of nitrogens with zero attached hydrogens (tertiary/aromatic N) is 3. The maximum Gasteiger partial charge on any atom is 0.160 e. The molecule has 0 fully saturated rings. The number of fused-ring (bicyclic) bond motifs is 10. The standard InChI is InChI=1S/C50H31N3S/c1-3-12-32(13-4-1)45-30-46(53-49(52-45)33-14-5-2-6-15-33)35-23-25-44-48(29-35)54-47-28-34(37-19-11-16-36-31-51-27-26-38(36)37)22-24-43(47)50(44)41-20-9-7-17-39(41)40-18-8-10-21-42(40)50/h1-31H. The van der Waals surface area contributed by atoms with E-state index in [2.05, 4.69) is 157 Å². The van der Waals surface area contributed by atoms with Gasteiger partial charge in [0.25, 0.3) is 0 Å². The summed E-state index contributed by atoms with van der Waals surface area (Å²) in [6.07, 6.45) is 3.84. The molecule has 0 saturated heterocycles. The Kier molecular flexibility index (Phi) is 7.01. The number of rotatable bonds is 4. The summed E-state index contributed by atoms with van der Waals surface area (Å²) in [5, 5.41) is 2.34. The van der Waals surface area contributed by atoms with Gasteiger partial charge in [0.1, 0.15) is 0 Å². The largest absolute Gasteiger partial charge is 0.264 e. The molecule has 0 bridgehead atoms. The highest BCUT2D eigenvalue weighted by atomic mass is 32.2. The van der Waals surface area contributed by atoms with Crippen LogP contribution in [0.1, 0.15) is 22.3 Å². The Labute approximate surface area is 318 Å². The van der Waals surface area contributed by atoms with E-state index in [0.29, 0.717) is 5.82 Å². The van der Waals surface area contributed by atoms with Gasteiger partial charge < -0.3 is 0 Å². The fourth-order valence-corrected chi connectivity index (χ4v) is 9.95. The molecular formula is C50H31N3S.